The molecule has 1 saturated heterocycles. The highest BCUT2D eigenvalue weighted by Crippen LogP contribution is 2.35. The van der Waals surface area contributed by atoms with Crippen molar-refractivity contribution in [3.8, 4) is 0 Å². The first-order chi connectivity index (χ1) is 12.7. The summed E-state index contributed by atoms with van der Waals surface area (Å²) in [5.74, 6) is -1.65. The summed E-state index contributed by atoms with van der Waals surface area (Å²) in [6.45, 7) is 3.31. The minimum absolute atomic E-state index is 0.0948. The lowest BCUT2D eigenvalue weighted by Gasteiger charge is -2.37. The number of nitrogens with zero attached hydrogens (tertiary/aromatic N) is 1. The smallest absolute Gasteiger partial charge is 0.302 e. The van der Waals surface area contributed by atoms with E-state index in [-0.39, 0.29) is 16.0 Å². The number of sulfonamides is 1. The summed E-state index contributed by atoms with van der Waals surface area (Å²) in [7, 11) is -3.93. The van der Waals surface area contributed by atoms with Crippen molar-refractivity contribution in [2.24, 2.45) is 5.92 Å². The highest BCUT2D eigenvalue weighted by Gasteiger charge is 2.44. The molecule has 0 bridgehead atoms. The van der Waals surface area contributed by atoms with Gasteiger partial charge < -0.3 is 4.74 Å². The molecule has 2 atom stereocenters. The molecule has 0 radical (unpaired) electrons. The Morgan fingerprint density at radius 1 is 1.22 bits per heavy atom. The Morgan fingerprint density at radius 3 is 2.33 bits per heavy atom. The van der Waals surface area contributed by atoms with Gasteiger partial charge >= 0.3 is 5.97 Å². The summed E-state index contributed by atoms with van der Waals surface area (Å²) in [5.41, 5.74) is 0.939. The minimum atomic E-state index is -3.93. The Labute approximate surface area is 169 Å². The second kappa shape index (κ2) is 9.34. The van der Waals surface area contributed by atoms with E-state index in [0.717, 1.165) is 9.87 Å². The largest absolute Gasteiger partial charge is 0.460 e. The Morgan fingerprint density at radius 2 is 1.81 bits per heavy atom. The fourth-order valence-corrected chi connectivity index (χ4v) is 6.41. The van der Waals surface area contributed by atoms with Crippen LogP contribution >= 0.6 is 23.5 Å². The standard InChI is InChI=1S/C18H25NO5S3/c1-12-7-9-14(10-8-12)27(22,23)19-11-5-6-15(17(19)21)16(24-13(2)20)18(25-3)26-4/h7-10,15-16,18H,5-6,11H2,1-4H3. The third-order valence-corrected chi connectivity index (χ3v) is 8.91. The number of ether oxygens (including phenoxy) is 1. The maximum Gasteiger partial charge on any atom is 0.302 e. The van der Waals surface area contributed by atoms with Crippen LogP contribution in [-0.2, 0) is 24.3 Å². The molecule has 0 aromatic heterocycles. The van der Waals surface area contributed by atoms with E-state index in [9.17, 15) is 18.0 Å². The number of hydrogen-bond donors (Lipinski definition) is 0. The summed E-state index contributed by atoms with van der Waals surface area (Å²) in [4.78, 5) is 24.8. The van der Waals surface area contributed by atoms with Crippen molar-refractivity contribution in [3.05, 3.63) is 29.8 Å². The van der Waals surface area contributed by atoms with Crippen molar-refractivity contribution in [1.82, 2.24) is 4.31 Å². The van der Waals surface area contributed by atoms with Crippen LogP contribution in [-0.4, -0.2) is 54.3 Å². The summed E-state index contributed by atoms with van der Waals surface area (Å²) in [5, 5.41) is 0. The molecule has 1 aromatic carbocycles. The van der Waals surface area contributed by atoms with Crippen molar-refractivity contribution < 1.29 is 22.7 Å². The molecule has 1 aliphatic rings. The zero-order valence-electron chi connectivity index (χ0n) is 15.9. The summed E-state index contributed by atoms with van der Waals surface area (Å²) < 4.78 is 32.3. The monoisotopic (exact) mass is 431 g/mol. The molecule has 150 valence electrons. The van der Waals surface area contributed by atoms with Gasteiger partial charge in [0.1, 0.15) is 6.10 Å². The van der Waals surface area contributed by atoms with Crippen LogP contribution < -0.4 is 0 Å². The number of carbonyl (C=O) groups is 2. The molecule has 27 heavy (non-hydrogen) atoms. The molecular formula is C18H25NO5S3. The molecule has 0 N–H and O–H groups in total. The first kappa shape index (κ1) is 22.1. The van der Waals surface area contributed by atoms with E-state index in [4.69, 9.17) is 4.74 Å². The van der Waals surface area contributed by atoms with Gasteiger partial charge in [0.15, 0.2) is 0 Å². The molecular weight excluding hydrogens is 406 g/mol. The van der Waals surface area contributed by atoms with E-state index in [1.807, 2.05) is 19.4 Å². The average Bonchev–Trinajstić information content (AvgIpc) is 2.62. The van der Waals surface area contributed by atoms with Gasteiger partial charge in [0.25, 0.3) is 10.0 Å². The molecule has 2 rings (SSSR count). The van der Waals surface area contributed by atoms with Crippen LogP contribution in [0.15, 0.2) is 29.2 Å². The topological polar surface area (TPSA) is 80.8 Å². The molecule has 1 aliphatic heterocycles. The van der Waals surface area contributed by atoms with Crippen molar-refractivity contribution in [2.75, 3.05) is 19.1 Å². The molecule has 1 heterocycles. The zero-order chi connectivity index (χ0) is 20.2. The van der Waals surface area contributed by atoms with Gasteiger partial charge in [-0.2, -0.15) is 0 Å². The van der Waals surface area contributed by atoms with Crippen LogP contribution in [0.3, 0.4) is 0 Å². The van der Waals surface area contributed by atoms with Gasteiger partial charge in [-0.25, -0.2) is 12.7 Å². The number of esters is 1. The van der Waals surface area contributed by atoms with E-state index >= 15 is 0 Å². The first-order valence-corrected chi connectivity index (χ1v) is 12.6. The van der Waals surface area contributed by atoms with Crippen molar-refractivity contribution in [1.29, 1.82) is 0 Å². The summed E-state index contributed by atoms with van der Waals surface area (Å²) >= 11 is 2.98. The lowest BCUT2D eigenvalue weighted by Crippen LogP contribution is -2.50. The van der Waals surface area contributed by atoms with Crippen molar-refractivity contribution in [3.63, 3.8) is 0 Å². The molecule has 0 spiro atoms. The number of rotatable bonds is 7. The van der Waals surface area contributed by atoms with Gasteiger partial charge in [-0.3, -0.25) is 9.59 Å². The van der Waals surface area contributed by atoms with Crippen molar-refractivity contribution in [2.45, 2.75) is 42.3 Å². The number of carbonyl (C=O) groups excluding carboxylic acids is 2. The maximum absolute atomic E-state index is 13.1. The quantitative estimate of drug-likeness (QED) is 0.485. The van der Waals surface area contributed by atoms with E-state index in [0.29, 0.717) is 12.8 Å². The molecule has 2 unspecified atom stereocenters. The van der Waals surface area contributed by atoms with E-state index in [2.05, 4.69) is 0 Å². The zero-order valence-corrected chi connectivity index (χ0v) is 18.3. The van der Waals surface area contributed by atoms with Gasteiger partial charge in [-0.1, -0.05) is 17.7 Å². The van der Waals surface area contributed by atoms with Crippen LogP contribution in [0.4, 0.5) is 0 Å². The lowest BCUT2D eigenvalue weighted by atomic mass is 9.93. The third kappa shape index (κ3) is 5.00. The van der Waals surface area contributed by atoms with Crippen LogP contribution in [0, 0.1) is 12.8 Å². The van der Waals surface area contributed by atoms with E-state index in [1.165, 1.54) is 42.6 Å². The van der Waals surface area contributed by atoms with Crippen LogP contribution in [0.2, 0.25) is 0 Å². The second-order valence-corrected chi connectivity index (χ2v) is 10.5. The Hall–Kier alpha value is -1.19. The summed E-state index contributed by atoms with van der Waals surface area (Å²) in [6, 6.07) is 6.44. The van der Waals surface area contributed by atoms with Gasteiger partial charge in [0.05, 0.1) is 15.4 Å². The molecule has 1 amide bonds. The number of amides is 1. The summed E-state index contributed by atoms with van der Waals surface area (Å²) in [6.07, 6.45) is 4.12. The normalized spacial score (nSPS) is 19.2. The molecule has 6 nitrogen and oxygen atoms in total. The third-order valence-electron chi connectivity index (χ3n) is 4.48. The molecule has 9 heteroatoms. The molecule has 1 aromatic rings. The van der Waals surface area contributed by atoms with Crippen LogP contribution in [0.25, 0.3) is 0 Å². The van der Waals surface area contributed by atoms with Crippen LogP contribution in [0.1, 0.15) is 25.3 Å². The Bertz CT molecular complexity index is 775. The van der Waals surface area contributed by atoms with Gasteiger partial charge in [-0.15, -0.1) is 23.5 Å². The fourth-order valence-electron chi connectivity index (χ4n) is 3.14. The molecule has 1 fully saturated rings. The number of piperidine rings is 1. The molecule has 0 aliphatic carbocycles. The van der Waals surface area contributed by atoms with E-state index < -0.39 is 33.9 Å². The van der Waals surface area contributed by atoms with Gasteiger partial charge in [0.2, 0.25) is 5.91 Å². The number of benzene rings is 1. The SMILES string of the molecule is CSC(SC)C(OC(C)=O)C1CCCN(S(=O)(=O)c2ccc(C)cc2)C1=O. The van der Waals surface area contributed by atoms with Gasteiger partial charge in [-0.05, 0) is 44.4 Å². The highest BCUT2D eigenvalue weighted by atomic mass is 32.2. The first-order valence-electron chi connectivity index (χ1n) is 8.58. The Kier molecular flexibility index (Phi) is 7.64. The fraction of sp³-hybridized carbons (Fsp3) is 0.556. The van der Waals surface area contributed by atoms with Crippen LogP contribution in [0.5, 0.6) is 0 Å². The lowest BCUT2D eigenvalue weighted by molar-refractivity contribution is -0.153. The Balaban J connectivity index is 2.34. The van der Waals surface area contributed by atoms with Crippen molar-refractivity contribution >= 4 is 45.4 Å². The number of hydrogen-bond acceptors (Lipinski definition) is 7. The van der Waals surface area contributed by atoms with E-state index in [1.54, 1.807) is 12.1 Å². The number of thioether (sulfide) groups is 2. The predicted octanol–water partition coefficient (Wildman–Crippen LogP) is 2.91. The number of aryl methyl sites for hydroxylation is 1. The predicted molar refractivity (Wildman–Crippen MR) is 109 cm³/mol. The highest BCUT2D eigenvalue weighted by molar-refractivity contribution is 8.16. The minimum Gasteiger partial charge on any atom is -0.460 e. The van der Waals surface area contributed by atoms with Gasteiger partial charge in [0, 0.05) is 13.5 Å². The average molecular weight is 432 g/mol. The second-order valence-electron chi connectivity index (χ2n) is 6.39. The molecule has 0 saturated carbocycles. The maximum atomic E-state index is 13.1.